The molecule has 0 aliphatic rings. The van der Waals surface area contributed by atoms with E-state index in [-0.39, 0.29) is 0 Å². The molecular weight excluding hydrogens is 665 g/mol. The third-order valence-electron chi connectivity index (χ3n) is 12.8. The van der Waals surface area contributed by atoms with Crippen LogP contribution >= 0.6 is 0 Å². The van der Waals surface area contributed by atoms with Crippen molar-refractivity contribution in [3.05, 3.63) is 18.2 Å². The molecule has 0 atom stereocenters. The summed E-state index contributed by atoms with van der Waals surface area (Å²) in [6.07, 6.45) is 69.8. The number of unbranched alkanes of at least 4 members (excludes halogenated alkanes) is 41. The summed E-state index contributed by atoms with van der Waals surface area (Å²) < 4.78 is 5.32. The van der Waals surface area contributed by atoms with Crippen LogP contribution in [0.15, 0.2) is 12.4 Å². The molecule has 1 rings (SSSR count). The van der Waals surface area contributed by atoms with E-state index in [1.165, 1.54) is 302 Å². The van der Waals surface area contributed by atoms with Gasteiger partial charge in [0.15, 0.2) is 0 Å². The van der Waals surface area contributed by atoms with E-state index in [2.05, 4.69) is 42.3 Å². The Morgan fingerprint density at radius 1 is 0.309 bits per heavy atom. The molecule has 0 N–H and O–H groups in total. The maximum atomic E-state index is 2.66. The van der Waals surface area contributed by atoms with Crippen molar-refractivity contribution in [3.63, 3.8) is 0 Å². The number of hydrogen-bond donors (Lipinski definition) is 0. The molecule has 0 aromatic carbocycles. The Balaban J connectivity index is 2.21. The van der Waals surface area contributed by atoms with Crippen LogP contribution in [0, 0.1) is 0 Å². The smallest absolute Gasteiger partial charge is 0.234 e. The van der Waals surface area contributed by atoms with Crippen molar-refractivity contribution < 1.29 is 4.57 Å². The highest BCUT2D eigenvalue weighted by Gasteiger charge is 2.16. The lowest BCUT2D eigenvalue weighted by Gasteiger charge is -2.07. The van der Waals surface area contributed by atoms with Crippen LogP contribution in [0.5, 0.6) is 0 Å². The Hall–Kier alpha value is -0.790. The summed E-state index contributed by atoms with van der Waals surface area (Å²) in [7, 11) is 0. The van der Waals surface area contributed by atoms with Crippen LogP contribution in [-0.2, 0) is 19.5 Å². The first kappa shape index (κ1) is 52.2. The van der Waals surface area contributed by atoms with Crippen LogP contribution in [0.4, 0.5) is 0 Å². The molecule has 0 saturated heterocycles. The second-order valence-electron chi connectivity index (χ2n) is 18.3. The summed E-state index contributed by atoms with van der Waals surface area (Å²) in [5.74, 6) is 1.63. The van der Waals surface area contributed by atoms with Crippen LogP contribution < -0.4 is 4.57 Å². The van der Waals surface area contributed by atoms with Gasteiger partial charge in [0, 0.05) is 6.42 Å². The van der Waals surface area contributed by atoms with Gasteiger partial charge in [-0.15, -0.1) is 0 Å². The van der Waals surface area contributed by atoms with Gasteiger partial charge in [-0.05, 0) is 32.1 Å². The molecule has 0 bridgehead atoms. The third-order valence-corrected chi connectivity index (χ3v) is 12.8. The predicted octanol–water partition coefficient (Wildman–Crippen LogP) is 18.5. The Morgan fingerprint density at radius 2 is 0.564 bits per heavy atom. The normalized spacial score (nSPS) is 11.7. The van der Waals surface area contributed by atoms with Crippen LogP contribution in [0.2, 0.25) is 0 Å². The van der Waals surface area contributed by atoms with Gasteiger partial charge in [-0.25, -0.2) is 9.13 Å². The zero-order valence-corrected chi connectivity index (χ0v) is 38.8. The number of imidazole rings is 1. The molecule has 0 aliphatic carbocycles. The number of hydrogen-bond acceptors (Lipinski definition) is 0. The maximum Gasteiger partial charge on any atom is 0.256 e. The SMILES string of the molecule is CCCCCCCCCCCCCCCCCCCc1n(CCCCCCCCCCCC)cc[n+]1CCCCCCCCCCCCCCCCCCC. The first-order valence-corrected chi connectivity index (χ1v) is 26.4. The van der Waals surface area contributed by atoms with Crippen molar-refractivity contribution in [2.45, 2.75) is 323 Å². The number of nitrogens with zero attached hydrogens (tertiary/aromatic N) is 2. The minimum Gasteiger partial charge on any atom is -0.234 e. The lowest BCUT2D eigenvalue weighted by atomic mass is 10.0. The lowest BCUT2D eigenvalue weighted by Crippen LogP contribution is -2.37. The summed E-state index contributed by atoms with van der Waals surface area (Å²) in [5.41, 5.74) is 0. The van der Waals surface area contributed by atoms with E-state index in [0.717, 1.165) is 0 Å². The number of aromatic nitrogens is 2. The van der Waals surface area contributed by atoms with Gasteiger partial charge >= 0.3 is 0 Å². The summed E-state index contributed by atoms with van der Waals surface area (Å²) in [5, 5.41) is 0. The minimum atomic E-state index is 1.23. The quantitative estimate of drug-likeness (QED) is 0.0461. The van der Waals surface area contributed by atoms with E-state index in [1.54, 1.807) is 5.82 Å². The molecule has 1 aromatic rings. The van der Waals surface area contributed by atoms with Gasteiger partial charge in [0.1, 0.15) is 12.4 Å². The summed E-state index contributed by atoms with van der Waals surface area (Å²) in [6, 6.07) is 0. The molecule has 55 heavy (non-hydrogen) atoms. The Morgan fingerprint density at radius 3 is 0.873 bits per heavy atom. The van der Waals surface area contributed by atoms with Crippen molar-refractivity contribution in [1.29, 1.82) is 0 Å². The van der Waals surface area contributed by atoms with Crippen molar-refractivity contribution >= 4 is 0 Å². The van der Waals surface area contributed by atoms with Gasteiger partial charge in [0.05, 0.1) is 13.1 Å². The van der Waals surface area contributed by atoms with E-state index in [1.807, 2.05) is 0 Å². The molecule has 0 unspecified atom stereocenters. The standard InChI is InChI=1S/C53H105N2/c1-4-7-10-13-16-19-22-24-26-28-30-32-34-36-39-42-45-48-53-54(49-46-43-40-37-21-18-15-12-9-6-3)51-52-55(53)50-47-44-41-38-35-33-31-29-27-25-23-20-17-14-11-8-5-2/h51-52H,4-50H2,1-3H3/q+1. The van der Waals surface area contributed by atoms with Crippen LogP contribution in [0.1, 0.15) is 309 Å². The molecule has 2 nitrogen and oxygen atoms in total. The van der Waals surface area contributed by atoms with Crippen molar-refractivity contribution in [2.75, 3.05) is 0 Å². The lowest BCUT2D eigenvalue weighted by molar-refractivity contribution is -0.704. The molecule has 0 aliphatic heterocycles. The summed E-state index contributed by atoms with van der Waals surface area (Å²) in [4.78, 5) is 0. The van der Waals surface area contributed by atoms with E-state index in [0.29, 0.717) is 0 Å². The zero-order chi connectivity index (χ0) is 39.4. The van der Waals surface area contributed by atoms with Gasteiger partial charge in [-0.1, -0.05) is 271 Å². The van der Waals surface area contributed by atoms with Gasteiger partial charge < -0.3 is 0 Å². The van der Waals surface area contributed by atoms with E-state index < -0.39 is 0 Å². The van der Waals surface area contributed by atoms with E-state index in [9.17, 15) is 0 Å². The van der Waals surface area contributed by atoms with Gasteiger partial charge in [0.25, 0.3) is 5.82 Å². The molecule has 1 aromatic heterocycles. The highest BCUT2D eigenvalue weighted by atomic mass is 15.1. The summed E-state index contributed by atoms with van der Waals surface area (Å²) >= 11 is 0. The van der Waals surface area contributed by atoms with Crippen LogP contribution in [0.25, 0.3) is 0 Å². The molecule has 1 heterocycles. The fourth-order valence-electron chi connectivity index (χ4n) is 8.98. The molecule has 0 radical (unpaired) electrons. The number of rotatable bonds is 47. The second kappa shape index (κ2) is 44.3. The Bertz CT molecular complexity index is 841. The molecule has 0 fully saturated rings. The van der Waals surface area contributed by atoms with E-state index >= 15 is 0 Å². The fraction of sp³-hybridized carbons (Fsp3) is 0.943. The average Bonchev–Trinajstić information content (AvgIpc) is 3.58. The van der Waals surface area contributed by atoms with Crippen LogP contribution in [-0.4, -0.2) is 4.57 Å². The Labute approximate surface area is 349 Å². The van der Waals surface area contributed by atoms with Crippen LogP contribution in [0.3, 0.4) is 0 Å². The third kappa shape index (κ3) is 36.1. The first-order valence-electron chi connectivity index (χ1n) is 26.4. The minimum absolute atomic E-state index is 1.23. The topological polar surface area (TPSA) is 8.81 Å². The van der Waals surface area contributed by atoms with Gasteiger partial charge in [0.2, 0.25) is 0 Å². The molecule has 0 spiro atoms. The van der Waals surface area contributed by atoms with Gasteiger partial charge in [-0.3, -0.25) is 0 Å². The monoisotopic (exact) mass is 770 g/mol. The molecule has 0 amide bonds. The number of aryl methyl sites for hydroxylation is 2. The molecule has 0 saturated carbocycles. The fourth-order valence-corrected chi connectivity index (χ4v) is 8.98. The van der Waals surface area contributed by atoms with Crippen molar-refractivity contribution in [3.8, 4) is 0 Å². The molecule has 2 heteroatoms. The zero-order valence-electron chi connectivity index (χ0n) is 38.8. The van der Waals surface area contributed by atoms with Gasteiger partial charge in [-0.2, -0.15) is 0 Å². The highest BCUT2D eigenvalue weighted by molar-refractivity contribution is 4.84. The Kier molecular flexibility index (Phi) is 42.1. The highest BCUT2D eigenvalue weighted by Crippen LogP contribution is 2.17. The van der Waals surface area contributed by atoms with Crippen molar-refractivity contribution in [2.24, 2.45) is 0 Å². The largest absolute Gasteiger partial charge is 0.256 e. The average molecular weight is 770 g/mol. The van der Waals surface area contributed by atoms with E-state index in [4.69, 9.17) is 0 Å². The first-order chi connectivity index (χ1) is 27.3. The van der Waals surface area contributed by atoms with Crippen molar-refractivity contribution in [1.82, 2.24) is 4.57 Å². The predicted molar refractivity (Wildman–Crippen MR) is 249 cm³/mol. The molecular formula is C53H105N2+. The maximum absolute atomic E-state index is 2.66. The second-order valence-corrected chi connectivity index (χ2v) is 18.3. The summed E-state index contributed by atoms with van der Waals surface area (Å²) in [6.45, 7) is 9.42. The molecule has 326 valence electrons.